The molecule has 0 saturated carbocycles. The maximum atomic E-state index is 10.2. The van der Waals surface area contributed by atoms with Gasteiger partial charge >= 0.3 is 5.97 Å². The van der Waals surface area contributed by atoms with Crippen LogP contribution < -0.4 is 9.47 Å². The lowest BCUT2D eigenvalue weighted by Gasteiger charge is -2.02. The third-order valence-electron chi connectivity index (χ3n) is 3.26. The largest absolute Gasteiger partial charge is 0.478 e. The van der Waals surface area contributed by atoms with Gasteiger partial charge < -0.3 is 14.6 Å². The number of hydrogen-bond acceptors (Lipinski definition) is 3. The molecule has 1 heterocycles. The lowest BCUT2D eigenvalue weighted by atomic mass is 10.1. The Morgan fingerprint density at radius 2 is 2.00 bits per heavy atom. The van der Waals surface area contributed by atoms with Crippen molar-refractivity contribution < 1.29 is 19.4 Å². The number of carbonyl (C=O) groups is 1. The summed E-state index contributed by atoms with van der Waals surface area (Å²) in [6, 6.07) is 6.11. The molecule has 0 saturated heterocycles. The maximum absolute atomic E-state index is 10.2. The van der Waals surface area contributed by atoms with Gasteiger partial charge in [0.05, 0.1) is 0 Å². The molecule has 1 aromatic carbocycles. The van der Waals surface area contributed by atoms with Crippen LogP contribution in [0.1, 0.15) is 31.2 Å². The molecule has 1 aliphatic rings. The molecule has 21 heavy (non-hydrogen) atoms. The Morgan fingerprint density at radius 1 is 1.14 bits per heavy atom. The normalized spacial score (nSPS) is 13.3. The first-order chi connectivity index (χ1) is 10.3. The van der Waals surface area contributed by atoms with Gasteiger partial charge in [-0.05, 0) is 43.4 Å². The van der Waals surface area contributed by atoms with Gasteiger partial charge in [0.1, 0.15) is 0 Å². The molecule has 0 fully saturated rings. The van der Waals surface area contributed by atoms with Crippen LogP contribution in [0, 0.1) is 0 Å². The molecule has 0 spiro atoms. The minimum absolute atomic E-state index is 0.321. The molecule has 4 heteroatoms. The first kappa shape index (κ1) is 15.2. The molecule has 4 nitrogen and oxygen atoms in total. The average molecular weight is 288 g/mol. The van der Waals surface area contributed by atoms with Gasteiger partial charge in [-0.15, -0.1) is 0 Å². The lowest BCUT2D eigenvalue weighted by Crippen LogP contribution is -1.93. The van der Waals surface area contributed by atoms with Gasteiger partial charge in [-0.3, -0.25) is 0 Å². The molecule has 2 rings (SSSR count). The summed E-state index contributed by atoms with van der Waals surface area (Å²) in [5, 5.41) is 8.42. The van der Waals surface area contributed by atoms with E-state index in [2.05, 4.69) is 12.1 Å². The summed E-state index contributed by atoms with van der Waals surface area (Å²) in [6.45, 7) is 0.321. The highest BCUT2D eigenvalue weighted by Gasteiger charge is 2.12. The van der Waals surface area contributed by atoms with Crippen molar-refractivity contribution in [1.29, 1.82) is 0 Å². The topological polar surface area (TPSA) is 55.8 Å². The summed E-state index contributed by atoms with van der Waals surface area (Å²) < 4.78 is 10.6. The number of fused-ring (bicyclic) bond motifs is 1. The quantitative estimate of drug-likeness (QED) is 0.450. The second-order valence-corrected chi connectivity index (χ2v) is 4.91. The highest BCUT2D eigenvalue weighted by atomic mass is 16.7. The SMILES string of the molecule is O=C(O)C=CC=CCCCCCc1ccc2c(c1)OCO2. The third-order valence-corrected chi connectivity index (χ3v) is 3.26. The molecular formula is C17H20O4. The summed E-state index contributed by atoms with van der Waals surface area (Å²) >= 11 is 0. The van der Waals surface area contributed by atoms with Gasteiger partial charge in [0, 0.05) is 6.08 Å². The zero-order valence-corrected chi connectivity index (χ0v) is 12.0. The first-order valence-electron chi connectivity index (χ1n) is 7.20. The molecule has 0 bridgehead atoms. The fourth-order valence-corrected chi connectivity index (χ4v) is 2.18. The van der Waals surface area contributed by atoms with Crippen molar-refractivity contribution in [3.05, 3.63) is 48.1 Å². The second kappa shape index (κ2) is 8.15. The highest BCUT2D eigenvalue weighted by Crippen LogP contribution is 2.32. The van der Waals surface area contributed by atoms with Crippen LogP contribution in [0.3, 0.4) is 0 Å². The highest BCUT2D eigenvalue weighted by molar-refractivity contribution is 5.80. The van der Waals surface area contributed by atoms with E-state index in [0.717, 1.165) is 49.7 Å². The van der Waals surface area contributed by atoms with Crippen molar-refractivity contribution in [2.45, 2.75) is 32.1 Å². The molecule has 0 radical (unpaired) electrons. The van der Waals surface area contributed by atoms with Crippen molar-refractivity contribution in [1.82, 2.24) is 0 Å². The number of hydrogen-bond donors (Lipinski definition) is 1. The number of unbranched alkanes of at least 4 members (excludes halogenated alkanes) is 3. The minimum atomic E-state index is -0.914. The summed E-state index contributed by atoms with van der Waals surface area (Å²) in [7, 11) is 0. The van der Waals surface area contributed by atoms with Crippen LogP contribution in [0.4, 0.5) is 0 Å². The van der Waals surface area contributed by atoms with Gasteiger partial charge in [-0.1, -0.05) is 30.7 Å². The van der Waals surface area contributed by atoms with E-state index in [-0.39, 0.29) is 0 Å². The Balaban J connectivity index is 1.59. The fraction of sp³-hybridized carbons (Fsp3) is 0.353. The number of ether oxygens (including phenoxy) is 2. The first-order valence-corrected chi connectivity index (χ1v) is 7.20. The number of aryl methyl sites for hydroxylation is 1. The molecule has 0 aliphatic carbocycles. The Hall–Kier alpha value is -2.23. The van der Waals surface area contributed by atoms with Crippen LogP contribution in [0.15, 0.2) is 42.5 Å². The Bertz CT molecular complexity index is 532. The van der Waals surface area contributed by atoms with Crippen molar-refractivity contribution in [3.8, 4) is 11.5 Å². The van der Waals surface area contributed by atoms with Crippen LogP contribution >= 0.6 is 0 Å². The van der Waals surface area contributed by atoms with E-state index in [1.54, 1.807) is 12.2 Å². The Kier molecular flexibility index (Phi) is 5.88. The smallest absolute Gasteiger partial charge is 0.328 e. The molecule has 0 amide bonds. The van der Waals surface area contributed by atoms with E-state index in [1.807, 2.05) is 12.1 Å². The molecule has 0 unspecified atom stereocenters. The zero-order valence-electron chi connectivity index (χ0n) is 12.0. The van der Waals surface area contributed by atoms with Gasteiger partial charge in [-0.2, -0.15) is 0 Å². The predicted octanol–water partition coefficient (Wildman–Crippen LogP) is 3.72. The number of allylic oxidation sites excluding steroid dienone is 3. The summed E-state index contributed by atoms with van der Waals surface area (Å²) in [5.74, 6) is 0.766. The standard InChI is InChI=1S/C17H20O4/c18-17(19)9-7-5-3-1-2-4-6-8-14-10-11-15-16(12-14)21-13-20-15/h3,5,7,9-12H,1-2,4,6,8,13H2,(H,18,19). The van der Waals surface area contributed by atoms with Gasteiger partial charge in [0.2, 0.25) is 6.79 Å². The summed E-state index contributed by atoms with van der Waals surface area (Å²) in [5.41, 5.74) is 1.28. The van der Waals surface area contributed by atoms with Gasteiger partial charge in [0.15, 0.2) is 11.5 Å². The molecule has 1 aromatic rings. The summed E-state index contributed by atoms with van der Waals surface area (Å²) in [6.07, 6.45) is 11.9. The third kappa shape index (κ3) is 5.34. The van der Waals surface area contributed by atoms with Crippen molar-refractivity contribution >= 4 is 5.97 Å². The van der Waals surface area contributed by atoms with E-state index in [1.165, 1.54) is 5.56 Å². The second-order valence-electron chi connectivity index (χ2n) is 4.91. The van der Waals surface area contributed by atoms with E-state index in [4.69, 9.17) is 14.6 Å². The fourth-order valence-electron chi connectivity index (χ4n) is 2.18. The maximum Gasteiger partial charge on any atom is 0.328 e. The number of carboxylic acid groups (broad SMARTS) is 1. The van der Waals surface area contributed by atoms with Crippen molar-refractivity contribution in [2.75, 3.05) is 6.79 Å². The monoisotopic (exact) mass is 288 g/mol. The average Bonchev–Trinajstić information content (AvgIpc) is 2.92. The minimum Gasteiger partial charge on any atom is -0.478 e. The van der Waals surface area contributed by atoms with E-state index < -0.39 is 5.97 Å². The van der Waals surface area contributed by atoms with Crippen LogP contribution in [0.25, 0.3) is 0 Å². The van der Waals surface area contributed by atoms with Gasteiger partial charge in [0.25, 0.3) is 0 Å². The number of carboxylic acids is 1. The van der Waals surface area contributed by atoms with E-state index >= 15 is 0 Å². The van der Waals surface area contributed by atoms with E-state index in [9.17, 15) is 4.79 Å². The molecular weight excluding hydrogens is 268 g/mol. The number of rotatable bonds is 8. The van der Waals surface area contributed by atoms with Crippen molar-refractivity contribution in [2.24, 2.45) is 0 Å². The number of benzene rings is 1. The van der Waals surface area contributed by atoms with Gasteiger partial charge in [-0.25, -0.2) is 4.79 Å². The lowest BCUT2D eigenvalue weighted by molar-refractivity contribution is -0.131. The molecule has 1 N–H and O–H groups in total. The van der Waals surface area contributed by atoms with Crippen LogP contribution in [-0.2, 0) is 11.2 Å². The van der Waals surface area contributed by atoms with E-state index in [0.29, 0.717) is 6.79 Å². The molecule has 112 valence electrons. The van der Waals surface area contributed by atoms with Crippen LogP contribution in [-0.4, -0.2) is 17.9 Å². The van der Waals surface area contributed by atoms with Crippen LogP contribution in [0.5, 0.6) is 11.5 Å². The molecule has 0 atom stereocenters. The molecule has 0 aromatic heterocycles. The predicted molar refractivity (Wildman–Crippen MR) is 80.7 cm³/mol. The van der Waals surface area contributed by atoms with Crippen LogP contribution in [0.2, 0.25) is 0 Å². The summed E-state index contributed by atoms with van der Waals surface area (Å²) in [4.78, 5) is 10.2. The van der Waals surface area contributed by atoms with Crippen molar-refractivity contribution in [3.63, 3.8) is 0 Å². The number of aliphatic carboxylic acids is 1. The Morgan fingerprint density at radius 3 is 2.86 bits per heavy atom. The molecule has 1 aliphatic heterocycles. The zero-order chi connectivity index (χ0) is 14.9. The Labute approximate surface area is 124 Å².